The molecule has 1 aromatic carbocycles. The highest BCUT2D eigenvalue weighted by Gasteiger charge is 2.33. The van der Waals surface area contributed by atoms with Crippen molar-refractivity contribution in [1.29, 1.82) is 0 Å². The lowest BCUT2D eigenvalue weighted by atomic mass is 10.1. The third kappa shape index (κ3) is 4.32. The van der Waals surface area contributed by atoms with Crippen LogP contribution in [0.1, 0.15) is 10.4 Å². The lowest BCUT2D eigenvalue weighted by Gasteiger charge is -2.23. The third-order valence-electron chi connectivity index (χ3n) is 2.24. The Balaban J connectivity index is 3.02. The predicted molar refractivity (Wildman–Crippen MR) is 58.8 cm³/mol. The predicted octanol–water partition coefficient (Wildman–Crippen LogP) is 1.09. The molecule has 3 N–H and O–H groups in total. The Morgan fingerprint density at radius 1 is 1.26 bits per heavy atom. The average molecular weight is 279 g/mol. The number of alkyl halides is 3. The fourth-order valence-corrected chi connectivity index (χ4v) is 1.46. The first kappa shape index (κ1) is 15.1. The molecule has 0 bridgehead atoms. The normalized spacial score (nSPS) is 11.4. The van der Waals surface area contributed by atoms with Crippen molar-refractivity contribution in [3.05, 3.63) is 23.8 Å². The summed E-state index contributed by atoms with van der Waals surface area (Å²) in [5, 5.41) is 27.3. The summed E-state index contributed by atoms with van der Waals surface area (Å²) in [4.78, 5) is 12.2. The van der Waals surface area contributed by atoms with E-state index < -0.39 is 43.1 Å². The fraction of sp³-hybridized carbons (Fsp3) is 0.364. The number of hydrogen-bond acceptors (Lipinski definition) is 4. The molecule has 0 unspecified atom stereocenters. The second-order valence-corrected chi connectivity index (χ2v) is 3.77. The summed E-state index contributed by atoms with van der Waals surface area (Å²) in [6, 6.07) is 2.94. The summed E-state index contributed by atoms with van der Waals surface area (Å²) >= 11 is 0. The third-order valence-corrected chi connectivity index (χ3v) is 2.24. The Hall–Kier alpha value is -1.96. The maximum absolute atomic E-state index is 12.3. The molecule has 0 aromatic heterocycles. The first-order valence-corrected chi connectivity index (χ1v) is 5.23. The van der Waals surface area contributed by atoms with E-state index in [4.69, 9.17) is 5.11 Å². The Bertz CT molecular complexity index is 462. The quantitative estimate of drug-likeness (QED) is 0.721. The van der Waals surface area contributed by atoms with Gasteiger partial charge in [0.05, 0.1) is 12.2 Å². The molecule has 1 aromatic rings. The van der Waals surface area contributed by atoms with Crippen LogP contribution < -0.4 is 0 Å². The molecule has 0 aliphatic heterocycles. The van der Waals surface area contributed by atoms with Gasteiger partial charge in [0.25, 0.3) is 5.91 Å². The summed E-state index contributed by atoms with van der Waals surface area (Å²) in [5.41, 5.74) is -0.460. The summed E-state index contributed by atoms with van der Waals surface area (Å²) in [6.07, 6.45) is -4.63. The molecule has 0 heterocycles. The van der Waals surface area contributed by atoms with E-state index in [0.717, 1.165) is 18.2 Å². The first-order valence-electron chi connectivity index (χ1n) is 5.23. The number of halogens is 3. The van der Waals surface area contributed by atoms with E-state index in [2.05, 4.69) is 0 Å². The number of aromatic hydroxyl groups is 2. The molecular weight excluding hydrogens is 267 g/mol. The second kappa shape index (κ2) is 5.79. The van der Waals surface area contributed by atoms with E-state index in [1.54, 1.807) is 0 Å². The van der Waals surface area contributed by atoms with Gasteiger partial charge in [-0.2, -0.15) is 13.2 Å². The van der Waals surface area contributed by atoms with Crippen LogP contribution in [0, 0.1) is 0 Å². The lowest BCUT2D eigenvalue weighted by Crippen LogP contribution is -2.40. The molecule has 0 aliphatic carbocycles. The zero-order chi connectivity index (χ0) is 14.6. The fourth-order valence-electron chi connectivity index (χ4n) is 1.46. The van der Waals surface area contributed by atoms with Gasteiger partial charge in [-0.1, -0.05) is 0 Å². The minimum absolute atomic E-state index is 0.342. The molecule has 0 atom stereocenters. The highest BCUT2D eigenvalue weighted by atomic mass is 19.4. The summed E-state index contributed by atoms with van der Waals surface area (Å²) in [5.74, 6) is -2.04. The Morgan fingerprint density at radius 3 is 2.42 bits per heavy atom. The molecule has 1 rings (SSSR count). The topological polar surface area (TPSA) is 81.0 Å². The minimum Gasteiger partial charge on any atom is -0.508 e. The van der Waals surface area contributed by atoms with Gasteiger partial charge in [0, 0.05) is 6.54 Å². The SMILES string of the molecule is O=C(c1cc(O)ccc1O)N(CCO)CC(F)(F)F. The van der Waals surface area contributed by atoms with E-state index in [9.17, 15) is 28.2 Å². The minimum atomic E-state index is -4.63. The van der Waals surface area contributed by atoms with Crippen molar-refractivity contribution >= 4 is 5.91 Å². The summed E-state index contributed by atoms with van der Waals surface area (Å²) in [6.45, 7) is -2.74. The van der Waals surface area contributed by atoms with Crippen molar-refractivity contribution in [2.24, 2.45) is 0 Å². The van der Waals surface area contributed by atoms with E-state index in [1.165, 1.54) is 0 Å². The molecule has 106 valence electrons. The van der Waals surface area contributed by atoms with Crippen molar-refractivity contribution in [2.75, 3.05) is 19.7 Å². The second-order valence-electron chi connectivity index (χ2n) is 3.77. The molecule has 0 radical (unpaired) electrons. The van der Waals surface area contributed by atoms with Crippen LogP contribution in [0.5, 0.6) is 11.5 Å². The number of phenolic OH excluding ortho intramolecular Hbond substituents is 2. The van der Waals surface area contributed by atoms with E-state index in [1.807, 2.05) is 0 Å². The van der Waals surface area contributed by atoms with Gasteiger partial charge in [0.15, 0.2) is 0 Å². The number of aliphatic hydroxyl groups excluding tert-OH is 1. The van der Waals surface area contributed by atoms with Crippen molar-refractivity contribution in [1.82, 2.24) is 4.90 Å². The summed E-state index contributed by atoms with van der Waals surface area (Å²) < 4.78 is 36.9. The zero-order valence-corrected chi connectivity index (χ0v) is 9.68. The molecule has 8 heteroatoms. The average Bonchev–Trinajstić information content (AvgIpc) is 2.29. The van der Waals surface area contributed by atoms with E-state index in [0.29, 0.717) is 4.90 Å². The van der Waals surface area contributed by atoms with E-state index in [-0.39, 0.29) is 5.75 Å². The highest BCUT2D eigenvalue weighted by Crippen LogP contribution is 2.25. The number of amides is 1. The Kier molecular flexibility index (Phi) is 4.60. The van der Waals surface area contributed by atoms with Gasteiger partial charge in [0.1, 0.15) is 18.0 Å². The molecule has 0 saturated heterocycles. The maximum Gasteiger partial charge on any atom is 0.406 e. The van der Waals surface area contributed by atoms with Crippen molar-refractivity contribution < 1.29 is 33.3 Å². The maximum atomic E-state index is 12.3. The standard InChI is InChI=1S/C11H12F3NO4/c12-11(13,14)6-15(3-4-16)10(19)8-5-7(17)1-2-9(8)18/h1-2,5,16-18H,3-4,6H2. The van der Waals surface area contributed by atoms with Gasteiger partial charge in [-0.05, 0) is 18.2 Å². The van der Waals surface area contributed by atoms with Crippen LogP contribution in [0.4, 0.5) is 13.2 Å². The van der Waals surface area contributed by atoms with Gasteiger partial charge in [0.2, 0.25) is 0 Å². The number of phenols is 2. The van der Waals surface area contributed by atoms with Crippen LogP contribution in [0.15, 0.2) is 18.2 Å². The lowest BCUT2D eigenvalue weighted by molar-refractivity contribution is -0.141. The molecule has 5 nitrogen and oxygen atoms in total. The van der Waals surface area contributed by atoms with Gasteiger partial charge < -0.3 is 20.2 Å². The Morgan fingerprint density at radius 2 is 1.89 bits per heavy atom. The van der Waals surface area contributed by atoms with Crippen LogP contribution in [0.25, 0.3) is 0 Å². The number of carbonyl (C=O) groups is 1. The number of carbonyl (C=O) groups excluding carboxylic acids is 1. The smallest absolute Gasteiger partial charge is 0.406 e. The van der Waals surface area contributed by atoms with Gasteiger partial charge >= 0.3 is 6.18 Å². The number of aliphatic hydroxyl groups is 1. The van der Waals surface area contributed by atoms with Crippen molar-refractivity contribution in [3.63, 3.8) is 0 Å². The van der Waals surface area contributed by atoms with Crippen LogP contribution in [-0.2, 0) is 0 Å². The van der Waals surface area contributed by atoms with Crippen LogP contribution in [0.2, 0.25) is 0 Å². The van der Waals surface area contributed by atoms with Crippen LogP contribution >= 0.6 is 0 Å². The molecule has 0 spiro atoms. The number of hydrogen-bond donors (Lipinski definition) is 3. The van der Waals surface area contributed by atoms with Gasteiger partial charge in [-0.15, -0.1) is 0 Å². The van der Waals surface area contributed by atoms with Gasteiger partial charge in [-0.3, -0.25) is 4.79 Å². The summed E-state index contributed by atoms with van der Waals surface area (Å²) in [7, 11) is 0. The van der Waals surface area contributed by atoms with Crippen LogP contribution in [0.3, 0.4) is 0 Å². The number of rotatable bonds is 4. The van der Waals surface area contributed by atoms with Gasteiger partial charge in [-0.25, -0.2) is 0 Å². The highest BCUT2D eigenvalue weighted by molar-refractivity contribution is 5.97. The van der Waals surface area contributed by atoms with E-state index >= 15 is 0 Å². The monoisotopic (exact) mass is 279 g/mol. The van der Waals surface area contributed by atoms with Crippen molar-refractivity contribution in [3.8, 4) is 11.5 Å². The number of benzene rings is 1. The molecule has 0 fully saturated rings. The van der Waals surface area contributed by atoms with Crippen LogP contribution in [-0.4, -0.2) is 52.0 Å². The molecular formula is C11H12F3NO4. The Labute approximate surface area is 106 Å². The zero-order valence-electron chi connectivity index (χ0n) is 9.68. The first-order chi connectivity index (χ1) is 8.74. The molecule has 0 aliphatic rings. The van der Waals surface area contributed by atoms with Crippen molar-refractivity contribution in [2.45, 2.75) is 6.18 Å². The molecule has 19 heavy (non-hydrogen) atoms. The largest absolute Gasteiger partial charge is 0.508 e. The molecule has 0 saturated carbocycles. The molecule has 1 amide bonds. The number of nitrogens with zero attached hydrogens (tertiary/aromatic N) is 1.